The molecule has 0 radical (unpaired) electrons. The number of rotatable bonds is 4. The first-order valence-electron chi connectivity index (χ1n) is 8.19. The van der Waals surface area contributed by atoms with Crippen molar-refractivity contribution >= 4 is 43.6 Å². The van der Waals surface area contributed by atoms with Gasteiger partial charge in [-0.15, -0.1) is 22.7 Å². The minimum absolute atomic E-state index is 0.143. The molecule has 1 amide bonds. The number of nitriles is 1. The Hall–Kier alpha value is -1.73. The molecule has 0 atom stereocenters. The van der Waals surface area contributed by atoms with E-state index in [-0.39, 0.29) is 11.8 Å². The third kappa shape index (κ3) is 3.55. The van der Waals surface area contributed by atoms with Crippen molar-refractivity contribution in [3.63, 3.8) is 0 Å². The van der Waals surface area contributed by atoms with Crippen molar-refractivity contribution < 1.29 is 13.2 Å². The van der Waals surface area contributed by atoms with Gasteiger partial charge < -0.3 is 5.32 Å². The van der Waals surface area contributed by atoms with E-state index in [9.17, 15) is 18.5 Å². The fraction of sp³-hybridized carbons (Fsp3) is 0.412. The minimum atomic E-state index is -3.46. The molecule has 9 heteroatoms. The number of aryl methyl sites for hydroxylation is 1. The van der Waals surface area contributed by atoms with Gasteiger partial charge in [-0.2, -0.15) is 9.57 Å². The number of hydrogen-bond donors (Lipinski definition) is 1. The van der Waals surface area contributed by atoms with Crippen molar-refractivity contribution in [3.05, 3.63) is 33.5 Å². The lowest BCUT2D eigenvalue weighted by molar-refractivity contribution is -0.120. The summed E-state index contributed by atoms with van der Waals surface area (Å²) in [6.07, 6.45) is 0.948. The highest BCUT2D eigenvalue weighted by Gasteiger charge is 2.33. The zero-order valence-corrected chi connectivity index (χ0v) is 16.9. The van der Waals surface area contributed by atoms with Gasteiger partial charge in [0, 0.05) is 23.9 Å². The van der Waals surface area contributed by atoms with Crippen molar-refractivity contribution in [1.29, 1.82) is 5.26 Å². The number of nitrogens with one attached hydrogen (secondary N) is 1. The summed E-state index contributed by atoms with van der Waals surface area (Å²) in [7, 11) is -3.46. The van der Waals surface area contributed by atoms with Crippen LogP contribution in [0.3, 0.4) is 0 Å². The Morgan fingerprint density at radius 3 is 2.62 bits per heavy atom. The first-order valence-corrected chi connectivity index (χ1v) is 11.3. The van der Waals surface area contributed by atoms with Gasteiger partial charge in [-0.05, 0) is 43.7 Å². The summed E-state index contributed by atoms with van der Waals surface area (Å²) in [5.41, 5.74) is 1.41. The summed E-state index contributed by atoms with van der Waals surface area (Å²) in [6.45, 7) is 4.44. The molecule has 0 spiro atoms. The maximum Gasteiger partial charge on any atom is 0.252 e. The quantitative estimate of drug-likeness (QED) is 0.838. The van der Waals surface area contributed by atoms with E-state index in [1.54, 1.807) is 17.5 Å². The number of carbonyl (C=O) groups is 1. The average molecular weight is 410 g/mol. The number of sulfonamides is 1. The van der Waals surface area contributed by atoms with Gasteiger partial charge in [0.2, 0.25) is 5.91 Å². The van der Waals surface area contributed by atoms with Crippen molar-refractivity contribution in [2.24, 2.45) is 5.92 Å². The van der Waals surface area contributed by atoms with Crippen LogP contribution in [-0.4, -0.2) is 31.7 Å². The van der Waals surface area contributed by atoms with Crippen LogP contribution >= 0.6 is 22.7 Å². The molecule has 1 N–H and O–H groups in total. The van der Waals surface area contributed by atoms with Crippen LogP contribution in [0.4, 0.5) is 5.00 Å². The van der Waals surface area contributed by atoms with Crippen LogP contribution < -0.4 is 5.32 Å². The van der Waals surface area contributed by atoms with Crippen LogP contribution in [0, 0.1) is 31.1 Å². The SMILES string of the molecule is Cc1sc(NC(=O)C2CCN(S(=O)(=O)c3cccs3)CC2)c(C#N)c1C. The summed E-state index contributed by atoms with van der Waals surface area (Å²) in [4.78, 5) is 13.6. The van der Waals surface area contributed by atoms with Crippen LogP contribution in [-0.2, 0) is 14.8 Å². The van der Waals surface area contributed by atoms with Crippen molar-refractivity contribution in [2.75, 3.05) is 18.4 Å². The van der Waals surface area contributed by atoms with Gasteiger partial charge in [0.1, 0.15) is 15.3 Å². The molecule has 138 valence electrons. The Labute approximate surface area is 161 Å². The van der Waals surface area contributed by atoms with E-state index < -0.39 is 10.0 Å². The molecule has 2 aromatic rings. The summed E-state index contributed by atoms with van der Waals surface area (Å²) in [5.74, 6) is -0.394. The van der Waals surface area contributed by atoms with Gasteiger partial charge in [0.15, 0.2) is 0 Å². The fourth-order valence-corrected chi connectivity index (χ4v) is 6.59. The van der Waals surface area contributed by atoms with Gasteiger partial charge in [0.25, 0.3) is 10.0 Å². The Balaban J connectivity index is 1.64. The lowest BCUT2D eigenvalue weighted by Gasteiger charge is -2.30. The number of piperidine rings is 1. The van der Waals surface area contributed by atoms with Gasteiger partial charge in [-0.1, -0.05) is 6.07 Å². The number of nitrogens with zero attached hydrogens (tertiary/aromatic N) is 2. The van der Waals surface area contributed by atoms with E-state index >= 15 is 0 Å². The van der Waals surface area contributed by atoms with E-state index in [1.807, 2.05) is 13.8 Å². The summed E-state index contributed by atoms with van der Waals surface area (Å²) < 4.78 is 26.9. The van der Waals surface area contributed by atoms with Gasteiger partial charge in [0.05, 0.1) is 5.56 Å². The molecule has 1 aliphatic rings. The number of carbonyl (C=O) groups excluding carboxylic acids is 1. The molecule has 0 saturated carbocycles. The molecule has 26 heavy (non-hydrogen) atoms. The lowest BCUT2D eigenvalue weighted by atomic mass is 9.97. The smallest absolute Gasteiger partial charge is 0.252 e. The van der Waals surface area contributed by atoms with E-state index in [2.05, 4.69) is 11.4 Å². The number of amides is 1. The molecular weight excluding hydrogens is 390 g/mol. The van der Waals surface area contributed by atoms with Crippen molar-refractivity contribution in [3.8, 4) is 6.07 Å². The molecule has 0 unspecified atom stereocenters. The Morgan fingerprint density at radius 1 is 1.35 bits per heavy atom. The molecule has 1 saturated heterocycles. The highest BCUT2D eigenvalue weighted by atomic mass is 32.2. The zero-order valence-electron chi connectivity index (χ0n) is 14.5. The lowest BCUT2D eigenvalue weighted by Crippen LogP contribution is -2.41. The predicted octanol–water partition coefficient (Wildman–Crippen LogP) is 3.34. The second-order valence-electron chi connectivity index (χ2n) is 6.20. The van der Waals surface area contributed by atoms with E-state index in [4.69, 9.17) is 0 Å². The molecule has 3 rings (SSSR count). The van der Waals surface area contributed by atoms with Crippen LogP contribution in [0.15, 0.2) is 21.7 Å². The third-order valence-electron chi connectivity index (χ3n) is 4.65. The van der Waals surface area contributed by atoms with Crippen LogP contribution in [0.2, 0.25) is 0 Å². The van der Waals surface area contributed by atoms with Crippen LogP contribution in [0.1, 0.15) is 28.8 Å². The third-order valence-corrected chi connectivity index (χ3v) is 9.04. The maximum atomic E-state index is 12.6. The minimum Gasteiger partial charge on any atom is -0.316 e. The van der Waals surface area contributed by atoms with E-state index in [0.29, 0.717) is 40.7 Å². The van der Waals surface area contributed by atoms with Crippen molar-refractivity contribution in [2.45, 2.75) is 30.9 Å². The molecule has 0 bridgehead atoms. The second-order valence-corrected chi connectivity index (χ2v) is 10.5. The van der Waals surface area contributed by atoms with Crippen molar-refractivity contribution in [1.82, 2.24) is 4.31 Å². The molecule has 0 aliphatic carbocycles. The van der Waals surface area contributed by atoms with Gasteiger partial charge >= 0.3 is 0 Å². The monoisotopic (exact) mass is 409 g/mol. The number of anilines is 1. The largest absolute Gasteiger partial charge is 0.316 e. The van der Waals surface area contributed by atoms with E-state index in [1.165, 1.54) is 27.0 Å². The first kappa shape index (κ1) is 19.0. The molecule has 2 aromatic heterocycles. The standard InChI is InChI=1S/C17H19N3O3S3/c1-11-12(2)25-17(14(11)10-18)19-16(21)13-5-7-20(8-6-13)26(22,23)15-4-3-9-24-15/h3-4,9,13H,5-8H2,1-2H3,(H,19,21). The normalized spacial score (nSPS) is 16.3. The van der Waals surface area contributed by atoms with Crippen LogP contribution in [0.25, 0.3) is 0 Å². The summed E-state index contributed by atoms with van der Waals surface area (Å²) >= 11 is 2.60. The average Bonchev–Trinajstić information content (AvgIpc) is 3.25. The molecule has 0 aromatic carbocycles. The summed E-state index contributed by atoms with van der Waals surface area (Å²) in [6, 6.07) is 5.46. The Kier molecular flexibility index (Phi) is 5.48. The number of thiophene rings is 2. The number of hydrogen-bond acceptors (Lipinski definition) is 6. The first-order chi connectivity index (χ1) is 12.3. The fourth-order valence-electron chi connectivity index (χ4n) is 2.96. The van der Waals surface area contributed by atoms with Gasteiger partial charge in [-0.3, -0.25) is 4.79 Å². The second kappa shape index (κ2) is 7.48. The highest BCUT2D eigenvalue weighted by molar-refractivity contribution is 7.91. The molecule has 6 nitrogen and oxygen atoms in total. The molecular formula is C17H19N3O3S3. The Morgan fingerprint density at radius 2 is 2.04 bits per heavy atom. The topological polar surface area (TPSA) is 90.3 Å². The van der Waals surface area contributed by atoms with Gasteiger partial charge in [-0.25, -0.2) is 8.42 Å². The van der Waals surface area contributed by atoms with E-state index in [0.717, 1.165) is 10.4 Å². The van der Waals surface area contributed by atoms with Crippen LogP contribution in [0.5, 0.6) is 0 Å². The molecule has 1 aliphatic heterocycles. The zero-order chi connectivity index (χ0) is 18.9. The summed E-state index contributed by atoms with van der Waals surface area (Å²) in [5, 5.41) is 14.5. The molecule has 1 fully saturated rings. The molecule has 3 heterocycles. The Bertz CT molecular complexity index is 948. The highest BCUT2D eigenvalue weighted by Crippen LogP contribution is 2.33. The maximum absolute atomic E-state index is 12.6. The predicted molar refractivity (Wildman–Crippen MR) is 103 cm³/mol.